The molecule has 0 aliphatic carbocycles. The lowest BCUT2D eigenvalue weighted by atomic mass is 10.3. The maximum absolute atomic E-state index is 13.0. The molecule has 25 heavy (non-hydrogen) atoms. The van der Waals surface area contributed by atoms with Crippen LogP contribution in [0.2, 0.25) is 5.02 Å². The van der Waals surface area contributed by atoms with Crippen LogP contribution in [-0.4, -0.2) is 31.1 Å². The fraction of sp³-hybridized carbons (Fsp3) is 0.200. The molecule has 1 aliphatic rings. The molecule has 2 heterocycles. The van der Waals surface area contributed by atoms with Crippen LogP contribution in [0.15, 0.2) is 40.4 Å². The number of hydrogen-bond acceptors (Lipinski definition) is 6. The number of aromatic nitrogens is 1. The predicted molar refractivity (Wildman–Crippen MR) is 86.4 cm³/mol. The minimum atomic E-state index is -3.26. The fourth-order valence-corrected chi connectivity index (χ4v) is 3.58. The highest BCUT2D eigenvalue weighted by atomic mass is 35.5. The van der Waals surface area contributed by atoms with Crippen LogP contribution in [0, 0.1) is 5.82 Å². The van der Waals surface area contributed by atoms with Gasteiger partial charge in [0.1, 0.15) is 17.8 Å². The maximum atomic E-state index is 13.0. The Labute approximate surface area is 147 Å². The highest BCUT2D eigenvalue weighted by molar-refractivity contribution is 7.94. The molecule has 0 saturated carbocycles. The van der Waals surface area contributed by atoms with Gasteiger partial charge in [0, 0.05) is 5.41 Å². The van der Waals surface area contributed by atoms with E-state index in [1.54, 1.807) is 0 Å². The van der Waals surface area contributed by atoms with Gasteiger partial charge in [-0.25, -0.2) is 17.8 Å². The molecule has 1 aromatic heterocycles. The number of nitrogens with zero attached hydrogens (tertiary/aromatic N) is 1. The summed E-state index contributed by atoms with van der Waals surface area (Å²) in [4.78, 5) is 16.0. The zero-order chi connectivity index (χ0) is 18.0. The summed E-state index contributed by atoms with van der Waals surface area (Å²) in [7, 11) is -3.26. The lowest BCUT2D eigenvalue weighted by Gasteiger charge is -2.07. The minimum absolute atomic E-state index is 0.0125. The van der Waals surface area contributed by atoms with Crippen LogP contribution in [0.25, 0.3) is 0 Å². The number of benzene rings is 1. The quantitative estimate of drug-likeness (QED) is 0.844. The Hall–Kier alpha value is -2.39. The molecule has 0 unspecified atom stereocenters. The van der Waals surface area contributed by atoms with Crippen molar-refractivity contribution in [2.75, 3.05) is 5.75 Å². The Morgan fingerprint density at radius 3 is 2.96 bits per heavy atom. The van der Waals surface area contributed by atoms with Gasteiger partial charge in [-0.2, -0.15) is 0 Å². The van der Waals surface area contributed by atoms with E-state index in [0.29, 0.717) is 0 Å². The first-order valence-electron chi connectivity index (χ1n) is 7.06. The van der Waals surface area contributed by atoms with E-state index >= 15 is 0 Å². The molecule has 3 rings (SSSR count). The number of amides is 1. The van der Waals surface area contributed by atoms with Crippen molar-refractivity contribution in [1.82, 2.24) is 10.3 Å². The Morgan fingerprint density at radius 2 is 2.28 bits per heavy atom. The van der Waals surface area contributed by atoms with Gasteiger partial charge in [-0.05, 0) is 24.3 Å². The first-order chi connectivity index (χ1) is 11.8. The molecule has 1 N–H and O–H groups in total. The summed E-state index contributed by atoms with van der Waals surface area (Å²) in [5.41, 5.74) is -0.0125. The highest BCUT2D eigenvalue weighted by Crippen LogP contribution is 2.25. The zero-order valence-corrected chi connectivity index (χ0v) is 14.2. The summed E-state index contributed by atoms with van der Waals surface area (Å²) < 4.78 is 46.1. The number of sulfone groups is 1. The third-order valence-corrected chi connectivity index (χ3v) is 4.97. The van der Waals surface area contributed by atoms with E-state index in [2.05, 4.69) is 10.3 Å². The number of halogens is 2. The molecular weight excluding hydrogens is 375 g/mol. The van der Waals surface area contributed by atoms with Crippen molar-refractivity contribution in [3.8, 4) is 5.75 Å². The van der Waals surface area contributed by atoms with Gasteiger partial charge in [-0.1, -0.05) is 11.6 Å². The van der Waals surface area contributed by atoms with E-state index in [1.807, 2.05) is 0 Å². The number of hydrogen-bond donors (Lipinski definition) is 1. The summed E-state index contributed by atoms with van der Waals surface area (Å²) in [6.07, 6.45) is 2.53. The van der Waals surface area contributed by atoms with Crippen LogP contribution in [0.4, 0.5) is 4.39 Å². The second kappa shape index (κ2) is 6.85. The third-order valence-electron chi connectivity index (χ3n) is 3.28. The first kappa shape index (κ1) is 17.4. The smallest absolute Gasteiger partial charge is 0.273 e. The van der Waals surface area contributed by atoms with Gasteiger partial charge >= 0.3 is 0 Å². The Morgan fingerprint density at radius 1 is 1.48 bits per heavy atom. The van der Waals surface area contributed by atoms with Gasteiger partial charge in [0.15, 0.2) is 22.1 Å². The topological polar surface area (TPSA) is 98.5 Å². The molecule has 0 spiro atoms. The second-order valence-corrected chi connectivity index (χ2v) is 7.57. The molecule has 7 nitrogen and oxygen atoms in total. The molecule has 0 saturated heterocycles. The average Bonchev–Trinajstić information content (AvgIpc) is 3.13. The van der Waals surface area contributed by atoms with Crippen molar-refractivity contribution in [2.45, 2.75) is 12.6 Å². The lowest BCUT2D eigenvalue weighted by Crippen LogP contribution is -2.35. The molecule has 0 bridgehead atoms. The molecule has 2 aromatic rings. The van der Waals surface area contributed by atoms with Gasteiger partial charge in [0.2, 0.25) is 5.89 Å². The number of carbonyl (C=O) groups excluding carboxylic acids is 1. The molecular formula is C15H12ClFN2O5S. The number of ether oxygens (including phenoxy) is 1. The van der Waals surface area contributed by atoms with Crippen molar-refractivity contribution in [2.24, 2.45) is 0 Å². The number of oxazole rings is 1. The number of carbonyl (C=O) groups is 1. The molecule has 1 aromatic carbocycles. The Balaban J connectivity index is 1.58. The van der Waals surface area contributed by atoms with Crippen LogP contribution in [0.5, 0.6) is 5.75 Å². The SMILES string of the molecule is O=C(N[C@@H]1C=CS(=O)(=O)C1)c1coc(COc2ccc(F)cc2Cl)n1. The van der Waals surface area contributed by atoms with Crippen molar-refractivity contribution in [3.63, 3.8) is 0 Å². The molecule has 1 amide bonds. The Kier molecular flexibility index (Phi) is 4.78. The Bertz CT molecular complexity index is 941. The normalized spacial score (nSPS) is 18.2. The fourth-order valence-electron chi connectivity index (χ4n) is 2.12. The lowest BCUT2D eigenvalue weighted by molar-refractivity contribution is 0.0942. The molecule has 1 aliphatic heterocycles. The van der Waals surface area contributed by atoms with Crippen LogP contribution in [0.1, 0.15) is 16.4 Å². The van der Waals surface area contributed by atoms with E-state index in [4.69, 9.17) is 20.8 Å². The van der Waals surface area contributed by atoms with E-state index < -0.39 is 27.6 Å². The highest BCUT2D eigenvalue weighted by Gasteiger charge is 2.24. The minimum Gasteiger partial charge on any atom is -0.482 e. The van der Waals surface area contributed by atoms with E-state index in [0.717, 1.165) is 17.7 Å². The number of nitrogens with one attached hydrogen (secondary N) is 1. The first-order valence-corrected chi connectivity index (χ1v) is 9.16. The third kappa shape index (κ3) is 4.37. The molecule has 132 valence electrons. The predicted octanol–water partition coefficient (Wildman–Crippen LogP) is 2.09. The second-order valence-electron chi connectivity index (χ2n) is 5.23. The summed E-state index contributed by atoms with van der Waals surface area (Å²) in [6, 6.07) is 3.06. The summed E-state index contributed by atoms with van der Waals surface area (Å²) in [6.45, 7) is -0.115. The summed E-state index contributed by atoms with van der Waals surface area (Å²) in [5.74, 6) is -0.888. The van der Waals surface area contributed by atoms with E-state index in [9.17, 15) is 17.6 Å². The standard InChI is InChI=1S/C15H12ClFN2O5S/c16-11-5-9(17)1-2-13(11)23-7-14-19-12(6-24-14)15(20)18-10-3-4-25(21,22)8-10/h1-6,10H,7-8H2,(H,18,20)/t10-/m1/s1. The number of rotatable bonds is 5. The van der Waals surface area contributed by atoms with Crippen molar-refractivity contribution >= 4 is 27.3 Å². The van der Waals surface area contributed by atoms with Crippen LogP contribution >= 0.6 is 11.6 Å². The van der Waals surface area contributed by atoms with Crippen LogP contribution < -0.4 is 10.1 Å². The van der Waals surface area contributed by atoms with E-state index in [-0.39, 0.29) is 34.7 Å². The van der Waals surface area contributed by atoms with Crippen molar-refractivity contribution < 1.29 is 26.8 Å². The summed E-state index contributed by atoms with van der Waals surface area (Å²) >= 11 is 5.83. The molecule has 0 radical (unpaired) electrons. The molecule has 10 heteroatoms. The molecule has 0 fully saturated rings. The average molecular weight is 387 g/mol. The van der Waals surface area contributed by atoms with Crippen molar-refractivity contribution in [3.05, 3.63) is 58.4 Å². The van der Waals surface area contributed by atoms with Crippen LogP contribution in [0.3, 0.4) is 0 Å². The summed E-state index contributed by atoms with van der Waals surface area (Å²) in [5, 5.41) is 3.68. The van der Waals surface area contributed by atoms with Gasteiger partial charge in [0.05, 0.1) is 16.8 Å². The van der Waals surface area contributed by atoms with E-state index in [1.165, 1.54) is 18.2 Å². The van der Waals surface area contributed by atoms with Gasteiger partial charge < -0.3 is 14.5 Å². The van der Waals surface area contributed by atoms with Gasteiger partial charge in [0.25, 0.3) is 5.91 Å². The maximum Gasteiger partial charge on any atom is 0.273 e. The zero-order valence-electron chi connectivity index (χ0n) is 12.6. The van der Waals surface area contributed by atoms with Crippen molar-refractivity contribution in [1.29, 1.82) is 0 Å². The largest absolute Gasteiger partial charge is 0.482 e. The van der Waals surface area contributed by atoms with Crippen LogP contribution in [-0.2, 0) is 16.4 Å². The van der Waals surface area contributed by atoms with Gasteiger partial charge in [-0.3, -0.25) is 4.79 Å². The monoisotopic (exact) mass is 386 g/mol. The molecule has 1 atom stereocenters. The van der Waals surface area contributed by atoms with Gasteiger partial charge in [-0.15, -0.1) is 0 Å².